The van der Waals surface area contributed by atoms with E-state index in [2.05, 4.69) is 37.6 Å². The zero-order valence-electron chi connectivity index (χ0n) is 15.2. The summed E-state index contributed by atoms with van der Waals surface area (Å²) in [6, 6.07) is 15.1. The molecule has 0 spiro atoms. The van der Waals surface area contributed by atoms with Crippen LogP contribution in [0, 0.1) is 0 Å². The van der Waals surface area contributed by atoms with Crippen molar-refractivity contribution in [2.24, 2.45) is 4.99 Å². The number of nitrogens with zero attached hydrogens (tertiary/aromatic N) is 2. The number of carbonyl (C=O) groups is 1. The summed E-state index contributed by atoms with van der Waals surface area (Å²) >= 11 is 9.59. The Morgan fingerprint density at radius 2 is 1.74 bits per heavy atom. The number of nitrogens with one attached hydrogen (secondary N) is 2. The monoisotopic (exact) mass is 564 g/mol. The molecule has 0 fully saturated rings. The molecule has 0 aromatic heterocycles. The van der Waals surface area contributed by atoms with Gasteiger partial charge in [0.15, 0.2) is 5.96 Å². The van der Waals surface area contributed by atoms with Crippen LogP contribution < -0.4 is 10.6 Å². The molecule has 27 heavy (non-hydrogen) atoms. The van der Waals surface area contributed by atoms with E-state index in [9.17, 15) is 4.79 Å². The van der Waals surface area contributed by atoms with Crippen LogP contribution >= 0.6 is 51.5 Å². The van der Waals surface area contributed by atoms with Crippen molar-refractivity contribution in [3.8, 4) is 0 Å². The lowest BCUT2D eigenvalue weighted by atomic mass is 10.2. The highest BCUT2D eigenvalue weighted by Gasteiger charge is 2.10. The molecule has 2 aromatic rings. The van der Waals surface area contributed by atoms with Crippen molar-refractivity contribution >= 4 is 63.4 Å². The van der Waals surface area contributed by atoms with Crippen molar-refractivity contribution in [1.82, 2.24) is 15.5 Å². The summed E-state index contributed by atoms with van der Waals surface area (Å²) in [6.45, 7) is 1.74. The van der Waals surface area contributed by atoms with Crippen LogP contribution in [0.5, 0.6) is 0 Å². The van der Waals surface area contributed by atoms with E-state index >= 15 is 0 Å². The summed E-state index contributed by atoms with van der Waals surface area (Å²) in [5.74, 6) is 0.571. The van der Waals surface area contributed by atoms with E-state index in [4.69, 9.17) is 11.6 Å². The van der Waals surface area contributed by atoms with Crippen LogP contribution in [-0.4, -0.2) is 44.0 Å². The number of hydrogen-bond acceptors (Lipinski definition) is 2. The van der Waals surface area contributed by atoms with Gasteiger partial charge in [0.1, 0.15) is 0 Å². The van der Waals surface area contributed by atoms with E-state index in [0.29, 0.717) is 30.2 Å². The van der Waals surface area contributed by atoms with Gasteiger partial charge < -0.3 is 15.5 Å². The van der Waals surface area contributed by atoms with Crippen LogP contribution in [0.25, 0.3) is 0 Å². The largest absolute Gasteiger partial charge is 0.354 e. The van der Waals surface area contributed by atoms with Crippen molar-refractivity contribution in [2.75, 3.05) is 27.2 Å². The molecule has 2 aromatic carbocycles. The van der Waals surface area contributed by atoms with E-state index in [-0.39, 0.29) is 29.9 Å². The number of amides is 1. The van der Waals surface area contributed by atoms with E-state index in [1.807, 2.05) is 30.1 Å². The van der Waals surface area contributed by atoms with Gasteiger partial charge in [-0.15, -0.1) is 24.0 Å². The molecule has 0 saturated carbocycles. The van der Waals surface area contributed by atoms with Crippen LogP contribution in [0.1, 0.15) is 15.9 Å². The SMILES string of the molecule is CN=C(NCCNC(=O)c1ccccc1Cl)N(C)Cc1ccccc1Br.I. The fraction of sp³-hybridized carbons (Fsp3) is 0.263. The summed E-state index contributed by atoms with van der Waals surface area (Å²) in [7, 11) is 3.71. The standard InChI is InChI=1S/C19H22BrClN4O.HI/c1-22-19(25(2)13-14-7-3-5-9-16(14)20)24-12-11-23-18(26)15-8-4-6-10-17(15)21;/h3-10H,11-13H2,1-2H3,(H,22,24)(H,23,26);1H. The van der Waals surface area contributed by atoms with Gasteiger partial charge in [0.2, 0.25) is 0 Å². The van der Waals surface area contributed by atoms with Gasteiger partial charge in [0.25, 0.3) is 5.91 Å². The molecule has 0 unspecified atom stereocenters. The topological polar surface area (TPSA) is 56.7 Å². The highest BCUT2D eigenvalue weighted by Crippen LogP contribution is 2.17. The van der Waals surface area contributed by atoms with Crippen molar-refractivity contribution < 1.29 is 4.79 Å². The van der Waals surface area contributed by atoms with Gasteiger partial charge in [-0.05, 0) is 23.8 Å². The number of rotatable bonds is 6. The van der Waals surface area contributed by atoms with Gasteiger partial charge in [-0.1, -0.05) is 57.9 Å². The number of halogens is 3. The van der Waals surface area contributed by atoms with E-state index in [1.165, 1.54) is 5.56 Å². The normalized spacial score (nSPS) is 10.7. The number of aliphatic imine (C=N–C) groups is 1. The number of guanidine groups is 1. The molecule has 2 N–H and O–H groups in total. The lowest BCUT2D eigenvalue weighted by Gasteiger charge is -2.22. The zero-order valence-corrected chi connectivity index (χ0v) is 19.9. The Morgan fingerprint density at radius 3 is 2.41 bits per heavy atom. The third kappa shape index (κ3) is 7.31. The van der Waals surface area contributed by atoms with E-state index in [0.717, 1.165) is 10.4 Å². The number of carbonyl (C=O) groups excluding carboxylic acids is 1. The smallest absolute Gasteiger partial charge is 0.252 e. The molecule has 146 valence electrons. The molecule has 0 aliphatic carbocycles. The molecule has 0 saturated heterocycles. The van der Waals surface area contributed by atoms with Crippen LogP contribution in [0.2, 0.25) is 5.02 Å². The average molecular weight is 566 g/mol. The van der Waals surface area contributed by atoms with Crippen molar-refractivity contribution in [3.05, 3.63) is 69.2 Å². The van der Waals surface area contributed by atoms with Crippen molar-refractivity contribution in [2.45, 2.75) is 6.54 Å². The first-order valence-electron chi connectivity index (χ1n) is 8.21. The van der Waals surface area contributed by atoms with Crippen molar-refractivity contribution in [1.29, 1.82) is 0 Å². The molecular weight excluding hydrogens is 542 g/mol. The van der Waals surface area contributed by atoms with E-state index in [1.54, 1.807) is 31.3 Å². The minimum atomic E-state index is -0.186. The maximum absolute atomic E-state index is 12.1. The van der Waals surface area contributed by atoms with Gasteiger partial charge in [-0.3, -0.25) is 9.79 Å². The summed E-state index contributed by atoms with van der Waals surface area (Å²) in [5.41, 5.74) is 1.65. The molecular formula is C19H23BrClIN4O. The second kappa shape index (κ2) is 12.2. The number of benzene rings is 2. The highest BCUT2D eigenvalue weighted by molar-refractivity contribution is 14.0. The molecule has 1 amide bonds. The fourth-order valence-corrected chi connectivity index (χ4v) is 3.06. The Morgan fingerprint density at radius 1 is 1.11 bits per heavy atom. The predicted molar refractivity (Wildman–Crippen MR) is 126 cm³/mol. The average Bonchev–Trinajstić information content (AvgIpc) is 2.63. The van der Waals surface area contributed by atoms with Gasteiger partial charge in [0.05, 0.1) is 10.6 Å². The van der Waals surface area contributed by atoms with Crippen LogP contribution in [0.4, 0.5) is 0 Å². The van der Waals surface area contributed by atoms with E-state index < -0.39 is 0 Å². The predicted octanol–water partition coefficient (Wildman–Crippen LogP) is 4.16. The zero-order chi connectivity index (χ0) is 18.9. The Balaban J connectivity index is 0.00000364. The lowest BCUT2D eigenvalue weighted by Crippen LogP contribution is -2.42. The summed E-state index contributed by atoms with van der Waals surface area (Å²) in [4.78, 5) is 18.4. The third-order valence-corrected chi connectivity index (χ3v) is 4.85. The molecule has 8 heteroatoms. The van der Waals surface area contributed by atoms with Crippen LogP contribution in [-0.2, 0) is 6.54 Å². The molecule has 0 radical (unpaired) electrons. The quantitative estimate of drug-likeness (QED) is 0.240. The van der Waals surface area contributed by atoms with Gasteiger partial charge in [-0.25, -0.2) is 0 Å². The lowest BCUT2D eigenvalue weighted by molar-refractivity contribution is 0.0954. The molecule has 0 heterocycles. The molecule has 0 atom stereocenters. The second-order valence-corrected chi connectivity index (χ2v) is 6.92. The Kier molecular flexibility index (Phi) is 10.7. The Hall–Kier alpha value is -1.32. The third-order valence-electron chi connectivity index (χ3n) is 3.75. The highest BCUT2D eigenvalue weighted by atomic mass is 127. The Bertz CT molecular complexity index is 788. The Labute approximate surface area is 190 Å². The first kappa shape index (κ1) is 23.7. The maximum atomic E-state index is 12.1. The van der Waals surface area contributed by atoms with Gasteiger partial charge in [0, 0.05) is 38.2 Å². The molecule has 0 bridgehead atoms. The molecule has 5 nitrogen and oxygen atoms in total. The van der Waals surface area contributed by atoms with Crippen molar-refractivity contribution in [3.63, 3.8) is 0 Å². The second-order valence-electron chi connectivity index (χ2n) is 5.66. The minimum Gasteiger partial charge on any atom is -0.354 e. The summed E-state index contributed by atoms with van der Waals surface area (Å²) in [6.07, 6.45) is 0. The maximum Gasteiger partial charge on any atom is 0.252 e. The van der Waals surface area contributed by atoms with Crippen LogP contribution in [0.15, 0.2) is 58.0 Å². The van der Waals surface area contributed by atoms with Crippen LogP contribution in [0.3, 0.4) is 0 Å². The first-order chi connectivity index (χ1) is 12.5. The van der Waals surface area contributed by atoms with Gasteiger partial charge in [-0.2, -0.15) is 0 Å². The molecule has 0 aliphatic heterocycles. The fourth-order valence-electron chi connectivity index (χ4n) is 2.43. The summed E-state index contributed by atoms with van der Waals surface area (Å²) < 4.78 is 1.06. The minimum absolute atomic E-state index is 0. The summed E-state index contributed by atoms with van der Waals surface area (Å²) in [5, 5.41) is 6.54. The number of hydrogen-bond donors (Lipinski definition) is 2. The van der Waals surface area contributed by atoms with Gasteiger partial charge >= 0.3 is 0 Å². The molecule has 2 rings (SSSR count). The first-order valence-corrected chi connectivity index (χ1v) is 9.38. The molecule has 0 aliphatic rings.